The summed E-state index contributed by atoms with van der Waals surface area (Å²) < 4.78 is 0. The van der Waals surface area contributed by atoms with E-state index in [1.165, 1.54) is 6.07 Å². The summed E-state index contributed by atoms with van der Waals surface area (Å²) in [5.41, 5.74) is 2.63. The Morgan fingerprint density at radius 1 is 0.576 bits per heavy atom. The van der Waals surface area contributed by atoms with Crippen molar-refractivity contribution >= 4 is 40.6 Å². The third-order valence-corrected chi connectivity index (χ3v) is 5.19. The summed E-state index contributed by atoms with van der Waals surface area (Å²) in [4.78, 5) is 38.1. The van der Waals surface area contributed by atoms with Crippen LogP contribution in [0.25, 0.3) is 0 Å². The molecule has 0 spiro atoms. The van der Waals surface area contributed by atoms with Crippen LogP contribution < -0.4 is 10.6 Å². The van der Waals surface area contributed by atoms with E-state index in [9.17, 15) is 14.4 Å². The van der Waals surface area contributed by atoms with Crippen molar-refractivity contribution in [3.8, 4) is 0 Å². The van der Waals surface area contributed by atoms with Crippen LogP contribution in [0.4, 0.5) is 11.4 Å². The molecule has 6 heteroatoms. The molecule has 4 aromatic rings. The van der Waals surface area contributed by atoms with Gasteiger partial charge in [-0.05, 0) is 54.6 Å². The summed E-state index contributed by atoms with van der Waals surface area (Å²) in [5, 5.41) is 5.97. The SMILES string of the molecule is O=C(Nc1ccc(C(=O)Nc2ccc(Cl)cc2C(=O)c2ccccc2)cc1)c1ccccc1. The van der Waals surface area contributed by atoms with Crippen molar-refractivity contribution in [2.24, 2.45) is 0 Å². The Hall–Kier alpha value is -4.22. The summed E-state index contributed by atoms with van der Waals surface area (Å²) in [6.07, 6.45) is 0. The number of amides is 2. The van der Waals surface area contributed by atoms with Crippen LogP contribution in [0.3, 0.4) is 0 Å². The Kier molecular flexibility index (Phi) is 6.62. The van der Waals surface area contributed by atoms with Crippen LogP contribution >= 0.6 is 11.6 Å². The Balaban J connectivity index is 1.50. The van der Waals surface area contributed by atoms with E-state index in [-0.39, 0.29) is 17.6 Å². The first-order valence-electron chi connectivity index (χ1n) is 10.2. The van der Waals surface area contributed by atoms with Gasteiger partial charge in [-0.1, -0.05) is 60.1 Å². The Morgan fingerprint density at radius 3 is 1.76 bits per heavy atom. The quantitative estimate of drug-likeness (QED) is 0.347. The van der Waals surface area contributed by atoms with E-state index in [0.29, 0.717) is 38.7 Å². The molecule has 0 heterocycles. The second-order valence-electron chi connectivity index (χ2n) is 7.24. The van der Waals surface area contributed by atoms with Crippen molar-refractivity contribution in [1.82, 2.24) is 0 Å². The van der Waals surface area contributed by atoms with Gasteiger partial charge < -0.3 is 10.6 Å². The maximum absolute atomic E-state index is 13.0. The van der Waals surface area contributed by atoms with E-state index in [4.69, 9.17) is 11.6 Å². The molecule has 0 aromatic heterocycles. The van der Waals surface area contributed by atoms with Crippen LogP contribution in [0.5, 0.6) is 0 Å². The van der Waals surface area contributed by atoms with Crippen molar-refractivity contribution in [2.75, 3.05) is 10.6 Å². The standard InChI is InChI=1S/C27H19ClN2O3/c28-21-13-16-24(23(17-21)25(31)18-7-3-1-4-8-18)30-27(33)20-11-14-22(15-12-20)29-26(32)19-9-5-2-6-10-19/h1-17H,(H,29,32)(H,30,33). The first-order chi connectivity index (χ1) is 16.0. The summed E-state index contributed by atoms with van der Waals surface area (Å²) in [6.45, 7) is 0. The van der Waals surface area contributed by atoms with E-state index < -0.39 is 0 Å². The number of hydrogen-bond donors (Lipinski definition) is 2. The zero-order valence-electron chi connectivity index (χ0n) is 17.4. The fraction of sp³-hybridized carbons (Fsp3) is 0. The molecule has 0 radical (unpaired) electrons. The third kappa shape index (κ3) is 5.34. The van der Waals surface area contributed by atoms with Gasteiger partial charge in [0.2, 0.25) is 0 Å². The number of hydrogen-bond acceptors (Lipinski definition) is 3. The molecule has 0 atom stereocenters. The maximum atomic E-state index is 13.0. The molecule has 0 aliphatic rings. The number of rotatable bonds is 6. The van der Waals surface area contributed by atoms with Crippen LogP contribution in [0.15, 0.2) is 103 Å². The summed E-state index contributed by atoms with van der Waals surface area (Å²) in [6, 6.07) is 28.9. The smallest absolute Gasteiger partial charge is 0.255 e. The molecule has 0 saturated heterocycles. The summed E-state index contributed by atoms with van der Waals surface area (Å²) >= 11 is 6.11. The average Bonchev–Trinajstić information content (AvgIpc) is 2.86. The van der Waals surface area contributed by atoms with Crippen molar-refractivity contribution < 1.29 is 14.4 Å². The Labute approximate surface area is 196 Å². The van der Waals surface area contributed by atoms with Gasteiger partial charge in [-0.15, -0.1) is 0 Å². The second-order valence-corrected chi connectivity index (χ2v) is 7.67. The van der Waals surface area contributed by atoms with Gasteiger partial charge in [0.1, 0.15) is 0 Å². The van der Waals surface area contributed by atoms with Gasteiger partial charge in [0.05, 0.1) is 5.69 Å². The van der Waals surface area contributed by atoms with Gasteiger partial charge >= 0.3 is 0 Å². The monoisotopic (exact) mass is 454 g/mol. The highest BCUT2D eigenvalue weighted by molar-refractivity contribution is 6.31. The predicted octanol–water partition coefficient (Wildman–Crippen LogP) is 6.08. The number of halogens is 1. The summed E-state index contributed by atoms with van der Waals surface area (Å²) in [7, 11) is 0. The highest BCUT2D eigenvalue weighted by Gasteiger charge is 2.17. The van der Waals surface area contributed by atoms with Crippen molar-refractivity contribution in [1.29, 1.82) is 0 Å². The molecule has 0 aliphatic carbocycles. The van der Waals surface area contributed by atoms with E-state index in [2.05, 4.69) is 10.6 Å². The lowest BCUT2D eigenvalue weighted by Gasteiger charge is -2.12. The topological polar surface area (TPSA) is 75.3 Å². The fourth-order valence-corrected chi connectivity index (χ4v) is 3.42. The minimum absolute atomic E-state index is 0.238. The van der Waals surface area contributed by atoms with Crippen molar-refractivity contribution in [2.45, 2.75) is 0 Å². The molecule has 0 bridgehead atoms. The molecule has 162 valence electrons. The van der Waals surface area contributed by atoms with Crippen LogP contribution in [-0.4, -0.2) is 17.6 Å². The highest BCUT2D eigenvalue weighted by Crippen LogP contribution is 2.24. The van der Waals surface area contributed by atoms with Crippen LogP contribution in [0.1, 0.15) is 36.6 Å². The maximum Gasteiger partial charge on any atom is 0.255 e. The molecule has 2 N–H and O–H groups in total. The minimum atomic E-state index is -0.389. The van der Waals surface area contributed by atoms with Gasteiger partial charge in [0.15, 0.2) is 5.78 Å². The molecule has 0 saturated carbocycles. The molecular weight excluding hydrogens is 436 g/mol. The average molecular weight is 455 g/mol. The molecular formula is C27H19ClN2O3. The van der Waals surface area contributed by atoms with Crippen LogP contribution in [0, 0.1) is 0 Å². The van der Waals surface area contributed by atoms with Crippen LogP contribution in [0.2, 0.25) is 5.02 Å². The normalized spacial score (nSPS) is 10.3. The second kappa shape index (κ2) is 9.94. The van der Waals surface area contributed by atoms with E-state index >= 15 is 0 Å². The number of ketones is 1. The Morgan fingerprint density at radius 2 is 1.12 bits per heavy atom. The number of carbonyl (C=O) groups excluding carboxylic acids is 3. The molecule has 4 rings (SSSR count). The molecule has 0 aliphatic heterocycles. The van der Waals surface area contributed by atoms with Crippen molar-refractivity contribution in [3.05, 3.63) is 130 Å². The van der Waals surface area contributed by atoms with Crippen LogP contribution in [-0.2, 0) is 0 Å². The first-order valence-corrected chi connectivity index (χ1v) is 10.6. The zero-order valence-corrected chi connectivity index (χ0v) is 18.2. The fourth-order valence-electron chi connectivity index (χ4n) is 3.25. The number of benzene rings is 4. The lowest BCUT2D eigenvalue weighted by Crippen LogP contribution is -2.16. The molecule has 33 heavy (non-hydrogen) atoms. The number of carbonyl (C=O) groups is 3. The van der Waals surface area contributed by atoms with Gasteiger partial charge in [0.25, 0.3) is 11.8 Å². The summed E-state index contributed by atoms with van der Waals surface area (Å²) in [5.74, 6) is -0.870. The third-order valence-electron chi connectivity index (χ3n) is 4.95. The molecule has 2 amide bonds. The molecule has 4 aromatic carbocycles. The van der Waals surface area contributed by atoms with Crippen molar-refractivity contribution in [3.63, 3.8) is 0 Å². The number of anilines is 2. The lowest BCUT2D eigenvalue weighted by molar-refractivity contribution is 0.101. The minimum Gasteiger partial charge on any atom is -0.322 e. The molecule has 5 nitrogen and oxygen atoms in total. The van der Waals surface area contributed by atoms with Gasteiger partial charge in [-0.3, -0.25) is 14.4 Å². The Bertz CT molecular complexity index is 1300. The largest absolute Gasteiger partial charge is 0.322 e. The highest BCUT2D eigenvalue weighted by atomic mass is 35.5. The first kappa shape index (κ1) is 22.0. The van der Waals surface area contributed by atoms with Gasteiger partial charge in [0, 0.05) is 33.0 Å². The lowest BCUT2D eigenvalue weighted by atomic mass is 10.0. The predicted molar refractivity (Wildman–Crippen MR) is 130 cm³/mol. The van der Waals surface area contributed by atoms with Gasteiger partial charge in [-0.25, -0.2) is 0 Å². The molecule has 0 unspecified atom stereocenters. The van der Waals surface area contributed by atoms with E-state index in [1.807, 2.05) is 12.1 Å². The van der Waals surface area contributed by atoms with E-state index in [0.717, 1.165) is 0 Å². The van der Waals surface area contributed by atoms with E-state index in [1.54, 1.807) is 84.9 Å². The zero-order chi connectivity index (χ0) is 23.2. The number of nitrogens with one attached hydrogen (secondary N) is 2. The molecule has 0 fully saturated rings. The van der Waals surface area contributed by atoms with Gasteiger partial charge in [-0.2, -0.15) is 0 Å².